The Kier molecular flexibility index (Phi) is 5.95. The van der Waals surface area contributed by atoms with Crippen LogP contribution in [0.5, 0.6) is 0 Å². The Bertz CT molecular complexity index is 457. The molecule has 6 heteroatoms. The molecule has 0 unspecified atom stereocenters. The number of rotatable bonds is 5. The van der Waals surface area contributed by atoms with E-state index >= 15 is 0 Å². The van der Waals surface area contributed by atoms with E-state index in [9.17, 15) is 18.0 Å². The van der Waals surface area contributed by atoms with Crippen LogP contribution in [0, 0.1) is 0 Å². The summed E-state index contributed by atoms with van der Waals surface area (Å²) < 4.78 is 37.1. The minimum Gasteiger partial charge on any atom is -0.352 e. The first-order valence-electron chi connectivity index (χ1n) is 5.68. The summed E-state index contributed by atoms with van der Waals surface area (Å²) >= 11 is -0.275. The number of benzene rings is 1. The third kappa shape index (κ3) is 5.83. The second kappa shape index (κ2) is 7.23. The van der Waals surface area contributed by atoms with E-state index in [1.165, 1.54) is 18.2 Å². The molecule has 0 fully saturated rings. The van der Waals surface area contributed by atoms with Crippen molar-refractivity contribution in [1.82, 2.24) is 5.32 Å². The molecule has 0 saturated heterocycles. The number of thioether (sulfide) groups is 1. The molecule has 0 saturated carbocycles. The Labute approximate surface area is 114 Å². The van der Waals surface area contributed by atoms with Crippen molar-refractivity contribution in [2.75, 3.05) is 6.54 Å². The molecule has 0 aliphatic rings. The van der Waals surface area contributed by atoms with Crippen molar-refractivity contribution in [2.24, 2.45) is 0 Å². The van der Waals surface area contributed by atoms with Crippen LogP contribution in [0.25, 0.3) is 0 Å². The molecule has 1 rings (SSSR count). The van der Waals surface area contributed by atoms with Gasteiger partial charge in [-0.25, -0.2) is 0 Å². The second-order valence-corrected chi connectivity index (χ2v) is 4.76. The summed E-state index contributed by atoms with van der Waals surface area (Å²) in [5.74, 6) is -0.489. The number of alkyl halides is 3. The highest BCUT2D eigenvalue weighted by molar-refractivity contribution is 8.00. The van der Waals surface area contributed by atoms with Gasteiger partial charge in [0, 0.05) is 11.4 Å². The average Bonchev–Trinajstić information content (AvgIpc) is 2.33. The maximum absolute atomic E-state index is 12.4. The monoisotopic (exact) mass is 289 g/mol. The Morgan fingerprint density at radius 3 is 2.68 bits per heavy atom. The topological polar surface area (TPSA) is 29.1 Å². The fraction of sp³-hybridized carbons (Fsp3) is 0.308. The summed E-state index contributed by atoms with van der Waals surface area (Å²) in [7, 11) is 0. The molecule has 19 heavy (non-hydrogen) atoms. The Morgan fingerprint density at radius 2 is 2.05 bits per heavy atom. The van der Waals surface area contributed by atoms with Crippen molar-refractivity contribution in [2.45, 2.75) is 23.7 Å². The summed E-state index contributed by atoms with van der Waals surface area (Å²) in [5, 5.41) is 2.59. The van der Waals surface area contributed by atoms with Gasteiger partial charge in [0.05, 0.1) is 5.56 Å². The standard InChI is InChI=1S/C13H14F3NOS/c1-2-3-6-9-17-12(18)10-7-4-5-8-11(10)19-13(14,15)16/h2-5,7-8H,6,9H2,1H3,(H,17,18)/b3-2+. The van der Waals surface area contributed by atoms with E-state index in [0.29, 0.717) is 13.0 Å². The van der Waals surface area contributed by atoms with Crippen LogP contribution >= 0.6 is 11.8 Å². The zero-order chi connectivity index (χ0) is 14.3. The SMILES string of the molecule is C/C=C/CCNC(=O)c1ccccc1SC(F)(F)F. The molecule has 104 valence electrons. The van der Waals surface area contributed by atoms with Crippen molar-refractivity contribution in [3.8, 4) is 0 Å². The molecule has 1 amide bonds. The summed E-state index contributed by atoms with van der Waals surface area (Å²) in [5.41, 5.74) is -4.35. The average molecular weight is 289 g/mol. The smallest absolute Gasteiger partial charge is 0.352 e. The minimum absolute atomic E-state index is 0.0466. The third-order valence-electron chi connectivity index (χ3n) is 2.19. The van der Waals surface area contributed by atoms with E-state index in [4.69, 9.17) is 0 Å². The lowest BCUT2D eigenvalue weighted by Gasteiger charge is -2.10. The molecule has 0 heterocycles. The Balaban J connectivity index is 2.73. The van der Waals surface area contributed by atoms with Gasteiger partial charge in [0.1, 0.15) is 0 Å². The number of allylic oxidation sites excluding steroid dienone is 1. The highest BCUT2D eigenvalue weighted by atomic mass is 32.2. The first kappa shape index (κ1) is 15.6. The van der Waals surface area contributed by atoms with Gasteiger partial charge in [-0.05, 0) is 37.2 Å². The molecule has 0 atom stereocenters. The van der Waals surface area contributed by atoms with E-state index in [2.05, 4.69) is 5.32 Å². The fourth-order valence-electron chi connectivity index (χ4n) is 1.40. The number of amides is 1. The predicted octanol–water partition coefficient (Wildman–Crippen LogP) is 3.99. The summed E-state index contributed by atoms with van der Waals surface area (Å²) in [6.07, 6.45) is 4.37. The highest BCUT2D eigenvalue weighted by Gasteiger charge is 2.31. The highest BCUT2D eigenvalue weighted by Crippen LogP contribution is 2.38. The number of nitrogens with one attached hydrogen (secondary N) is 1. The number of halogens is 3. The molecule has 0 spiro atoms. The lowest BCUT2D eigenvalue weighted by Crippen LogP contribution is -2.24. The predicted molar refractivity (Wildman–Crippen MR) is 70.1 cm³/mol. The van der Waals surface area contributed by atoms with Gasteiger partial charge in [0.2, 0.25) is 0 Å². The van der Waals surface area contributed by atoms with Crippen molar-refractivity contribution in [3.63, 3.8) is 0 Å². The van der Waals surface area contributed by atoms with E-state index in [1.807, 2.05) is 19.1 Å². The molecule has 1 N–H and O–H groups in total. The van der Waals surface area contributed by atoms with Crippen LogP contribution in [0.4, 0.5) is 13.2 Å². The second-order valence-electron chi connectivity index (χ2n) is 3.66. The van der Waals surface area contributed by atoms with Crippen molar-refractivity contribution < 1.29 is 18.0 Å². The number of carbonyl (C=O) groups excluding carboxylic acids is 1. The van der Waals surface area contributed by atoms with E-state index in [0.717, 1.165) is 0 Å². The first-order chi connectivity index (χ1) is 8.94. The van der Waals surface area contributed by atoms with Gasteiger partial charge in [-0.3, -0.25) is 4.79 Å². The minimum atomic E-state index is -4.40. The largest absolute Gasteiger partial charge is 0.446 e. The molecule has 0 aromatic heterocycles. The Hall–Kier alpha value is -1.43. The molecule has 0 aliphatic heterocycles. The van der Waals surface area contributed by atoms with Crippen molar-refractivity contribution >= 4 is 17.7 Å². The van der Waals surface area contributed by atoms with Gasteiger partial charge in [-0.1, -0.05) is 24.3 Å². The molecular weight excluding hydrogens is 275 g/mol. The lowest BCUT2D eigenvalue weighted by atomic mass is 10.2. The molecule has 2 nitrogen and oxygen atoms in total. The normalized spacial score (nSPS) is 11.8. The Morgan fingerprint density at radius 1 is 1.37 bits per heavy atom. The van der Waals surface area contributed by atoms with Crippen LogP contribution < -0.4 is 5.32 Å². The molecule has 0 aliphatic carbocycles. The molecule has 0 bridgehead atoms. The number of hydrogen-bond acceptors (Lipinski definition) is 2. The lowest BCUT2D eigenvalue weighted by molar-refractivity contribution is -0.0328. The van der Waals surface area contributed by atoms with Gasteiger partial charge in [-0.2, -0.15) is 13.2 Å². The summed E-state index contributed by atoms with van der Waals surface area (Å²) in [4.78, 5) is 11.7. The fourth-order valence-corrected chi connectivity index (χ4v) is 2.07. The zero-order valence-electron chi connectivity index (χ0n) is 10.3. The molecule has 1 aromatic carbocycles. The van der Waals surface area contributed by atoms with Gasteiger partial charge in [0.15, 0.2) is 0 Å². The summed E-state index contributed by atoms with van der Waals surface area (Å²) in [6, 6.07) is 5.70. The van der Waals surface area contributed by atoms with Crippen LogP contribution in [0.1, 0.15) is 23.7 Å². The number of hydrogen-bond donors (Lipinski definition) is 1. The van der Waals surface area contributed by atoms with Crippen molar-refractivity contribution in [1.29, 1.82) is 0 Å². The van der Waals surface area contributed by atoms with Crippen LogP contribution in [0.3, 0.4) is 0 Å². The quantitative estimate of drug-likeness (QED) is 0.504. The van der Waals surface area contributed by atoms with Gasteiger partial charge in [-0.15, -0.1) is 0 Å². The zero-order valence-corrected chi connectivity index (χ0v) is 11.1. The molecule has 0 radical (unpaired) electrons. The summed E-state index contributed by atoms with van der Waals surface area (Å²) in [6.45, 7) is 2.26. The molecular formula is C13H14F3NOS. The van der Waals surface area contributed by atoms with Gasteiger partial charge < -0.3 is 5.32 Å². The maximum Gasteiger partial charge on any atom is 0.446 e. The van der Waals surface area contributed by atoms with Gasteiger partial charge in [0.25, 0.3) is 5.91 Å². The third-order valence-corrected chi connectivity index (χ3v) is 3.00. The first-order valence-corrected chi connectivity index (χ1v) is 6.50. The van der Waals surface area contributed by atoms with Crippen LogP contribution in [0.15, 0.2) is 41.3 Å². The molecule has 1 aromatic rings. The van der Waals surface area contributed by atoms with Crippen molar-refractivity contribution in [3.05, 3.63) is 42.0 Å². The van der Waals surface area contributed by atoms with Crippen LogP contribution in [-0.4, -0.2) is 18.0 Å². The van der Waals surface area contributed by atoms with E-state index in [1.54, 1.807) is 6.07 Å². The van der Waals surface area contributed by atoms with E-state index < -0.39 is 11.4 Å². The number of carbonyl (C=O) groups is 1. The van der Waals surface area contributed by atoms with Crippen LogP contribution in [-0.2, 0) is 0 Å². The van der Waals surface area contributed by atoms with Crippen LogP contribution in [0.2, 0.25) is 0 Å². The maximum atomic E-state index is 12.4. The van der Waals surface area contributed by atoms with Gasteiger partial charge >= 0.3 is 5.51 Å². The van der Waals surface area contributed by atoms with E-state index in [-0.39, 0.29) is 22.2 Å².